The second-order valence-corrected chi connectivity index (χ2v) is 15.9. The molecule has 0 atom stereocenters. The number of nitrogens with zero attached hydrogens (tertiary/aromatic N) is 2. The standard InChI is InChI=1S/C41H42BN2Si/c1-3-14-33-22-26-38(27-23-33)45(37-20-12-7-13-21-37,39-28-24-34(15-4-2)25-29-39)32-44-31-30-43-41(44)42-40(35-16-8-5-9-17-35)36-18-10-6-11-19-36/h5-13,16-31,40H,3-4,14-15,32H2,1-2H3. The molecule has 0 unspecified atom stereocenters. The number of hydrogen-bond acceptors (Lipinski definition) is 1. The molecule has 45 heavy (non-hydrogen) atoms. The maximum atomic E-state index is 4.98. The van der Waals surface area contributed by atoms with Crippen LogP contribution in [0.4, 0.5) is 0 Å². The molecule has 4 heteroatoms. The summed E-state index contributed by atoms with van der Waals surface area (Å²) in [7, 11) is -0.207. The van der Waals surface area contributed by atoms with Crippen molar-refractivity contribution in [2.75, 3.05) is 0 Å². The maximum absolute atomic E-state index is 4.98. The van der Waals surface area contributed by atoms with Gasteiger partial charge in [0, 0.05) is 18.6 Å². The second-order valence-electron chi connectivity index (χ2n) is 12.0. The number of aromatic nitrogens is 2. The average Bonchev–Trinajstić information content (AvgIpc) is 3.54. The number of imidazole rings is 1. The lowest BCUT2D eigenvalue weighted by molar-refractivity contribution is 0.889. The van der Waals surface area contributed by atoms with E-state index in [-0.39, 0.29) is 5.82 Å². The first-order chi connectivity index (χ1) is 22.2. The quantitative estimate of drug-likeness (QED) is 0.108. The average molecular weight is 602 g/mol. The van der Waals surface area contributed by atoms with Gasteiger partial charge in [0.05, 0.1) is 5.72 Å². The highest BCUT2D eigenvalue weighted by Crippen LogP contribution is 2.23. The molecule has 0 saturated heterocycles. The molecule has 0 aliphatic carbocycles. The molecule has 2 nitrogen and oxygen atoms in total. The summed E-state index contributed by atoms with van der Waals surface area (Å²) in [5, 5.41) is 4.28. The predicted molar refractivity (Wildman–Crippen MR) is 194 cm³/mol. The van der Waals surface area contributed by atoms with Crippen LogP contribution in [0, 0.1) is 0 Å². The summed E-state index contributed by atoms with van der Waals surface area (Å²) in [5.74, 6) is 0.1000. The van der Waals surface area contributed by atoms with Crippen LogP contribution in [-0.2, 0) is 19.0 Å². The van der Waals surface area contributed by atoms with Crippen molar-refractivity contribution in [1.82, 2.24) is 9.55 Å². The summed E-state index contributed by atoms with van der Waals surface area (Å²) >= 11 is 0. The molecule has 1 aromatic heterocycles. The third-order valence-corrected chi connectivity index (χ3v) is 13.8. The van der Waals surface area contributed by atoms with E-state index in [0.29, 0.717) is 0 Å². The minimum absolute atomic E-state index is 0.1000. The van der Waals surface area contributed by atoms with E-state index in [2.05, 4.69) is 171 Å². The third-order valence-electron chi connectivity index (χ3n) is 9.03. The Kier molecular flexibility index (Phi) is 9.92. The van der Waals surface area contributed by atoms with E-state index < -0.39 is 8.07 Å². The Balaban J connectivity index is 1.48. The minimum atomic E-state index is -2.56. The van der Waals surface area contributed by atoms with Crippen LogP contribution in [0.3, 0.4) is 0 Å². The number of benzene rings is 5. The highest BCUT2D eigenvalue weighted by Gasteiger charge is 2.40. The fourth-order valence-corrected chi connectivity index (χ4v) is 11.3. The summed E-state index contributed by atoms with van der Waals surface area (Å²) in [5.41, 5.74) is 6.35. The molecule has 0 aliphatic heterocycles. The van der Waals surface area contributed by atoms with Crippen LogP contribution in [0.2, 0.25) is 0 Å². The van der Waals surface area contributed by atoms with E-state index in [0.717, 1.165) is 37.6 Å². The predicted octanol–water partition coefficient (Wildman–Crippen LogP) is 6.62. The monoisotopic (exact) mass is 601 g/mol. The van der Waals surface area contributed by atoms with E-state index in [1.54, 1.807) is 0 Å². The van der Waals surface area contributed by atoms with Gasteiger partial charge in [0.2, 0.25) is 7.28 Å². The van der Waals surface area contributed by atoms with E-state index in [4.69, 9.17) is 4.98 Å². The van der Waals surface area contributed by atoms with Crippen molar-refractivity contribution < 1.29 is 0 Å². The van der Waals surface area contributed by atoms with Gasteiger partial charge in [-0.1, -0.05) is 166 Å². The second kappa shape index (κ2) is 14.6. The molecule has 223 valence electrons. The van der Waals surface area contributed by atoms with Crippen molar-refractivity contribution in [3.05, 3.63) is 174 Å². The summed E-state index contributed by atoms with van der Waals surface area (Å²) in [4.78, 5) is 4.98. The molecule has 0 saturated carbocycles. The lowest BCUT2D eigenvalue weighted by Gasteiger charge is -2.35. The molecule has 5 aromatic carbocycles. The van der Waals surface area contributed by atoms with Crippen molar-refractivity contribution in [3.8, 4) is 0 Å². The molecular weight excluding hydrogens is 559 g/mol. The Hall–Kier alpha value is -4.41. The molecule has 1 heterocycles. The Morgan fingerprint density at radius 2 is 1.02 bits per heavy atom. The van der Waals surface area contributed by atoms with Gasteiger partial charge < -0.3 is 4.57 Å². The fourth-order valence-electron chi connectivity index (χ4n) is 6.71. The van der Waals surface area contributed by atoms with Gasteiger partial charge in [-0.3, -0.25) is 4.98 Å². The van der Waals surface area contributed by atoms with Gasteiger partial charge >= 0.3 is 0 Å². The first kappa shape index (κ1) is 30.6. The van der Waals surface area contributed by atoms with Crippen molar-refractivity contribution in [2.24, 2.45) is 0 Å². The molecule has 0 aliphatic rings. The molecule has 6 aromatic rings. The van der Waals surface area contributed by atoms with Crippen LogP contribution in [0.25, 0.3) is 0 Å². The molecule has 0 bridgehead atoms. The maximum Gasteiger partial charge on any atom is 0.215 e. The van der Waals surface area contributed by atoms with Crippen LogP contribution >= 0.6 is 0 Å². The van der Waals surface area contributed by atoms with Crippen molar-refractivity contribution in [1.29, 1.82) is 0 Å². The lowest BCUT2D eigenvalue weighted by Crippen LogP contribution is -2.70. The largest absolute Gasteiger partial charge is 0.345 e. The van der Waals surface area contributed by atoms with Gasteiger partial charge in [0.1, 0.15) is 0 Å². The van der Waals surface area contributed by atoms with Crippen LogP contribution in [0.15, 0.2) is 152 Å². The van der Waals surface area contributed by atoms with Gasteiger partial charge in [-0.15, -0.1) is 0 Å². The van der Waals surface area contributed by atoms with E-state index in [1.807, 2.05) is 6.20 Å². The first-order valence-corrected chi connectivity index (χ1v) is 18.6. The van der Waals surface area contributed by atoms with E-state index in [9.17, 15) is 0 Å². The third kappa shape index (κ3) is 6.82. The van der Waals surface area contributed by atoms with E-state index in [1.165, 1.54) is 37.8 Å². The van der Waals surface area contributed by atoms with Crippen molar-refractivity contribution in [2.45, 2.75) is 51.5 Å². The minimum Gasteiger partial charge on any atom is -0.345 e. The Labute approximate surface area is 271 Å². The topological polar surface area (TPSA) is 17.8 Å². The van der Waals surface area contributed by atoms with Gasteiger partial charge in [0.25, 0.3) is 0 Å². The number of hydrogen-bond donors (Lipinski definition) is 0. The van der Waals surface area contributed by atoms with Gasteiger partial charge in [0.15, 0.2) is 8.07 Å². The molecule has 6 rings (SSSR count). The van der Waals surface area contributed by atoms with Gasteiger partial charge in [-0.2, -0.15) is 0 Å². The fraction of sp³-hybridized carbons (Fsp3) is 0.195. The van der Waals surface area contributed by atoms with Crippen LogP contribution in [0.1, 0.15) is 54.8 Å². The van der Waals surface area contributed by atoms with Crippen molar-refractivity contribution >= 4 is 36.6 Å². The number of aryl methyl sites for hydroxylation is 2. The zero-order chi connectivity index (χ0) is 30.9. The summed E-state index contributed by atoms with van der Waals surface area (Å²) in [6.45, 7) is 4.51. The van der Waals surface area contributed by atoms with Crippen LogP contribution < -0.4 is 21.3 Å². The lowest BCUT2D eigenvalue weighted by atomic mass is 9.58. The first-order valence-electron chi connectivity index (χ1n) is 16.4. The van der Waals surface area contributed by atoms with Gasteiger partial charge in [-0.05, 0) is 56.5 Å². The molecule has 0 spiro atoms. The number of rotatable bonds is 13. The summed E-state index contributed by atoms with van der Waals surface area (Å²) < 4.78 is 2.41. The molecular formula is C41H42BN2Si. The smallest absolute Gasteiger partial charge is 0.215 e. The Bertz CT molecular complexity index is 1660. The summed E-state index contributed by atoms with van der Waals surface area (Å²) in [6, 6.07) is 51.9. The van der Waals surface area contributed by atoms with Gasteiger partial charge in [-0.25, -0.2) is 0 Å². The molecule has 0 fully saturated rings. The summed E-state index contributed by atoms with van der Waals surface area (Å²) in [6.07, 6.45) is 9.52. The van der Waals surface area contributed by atoms with Crippen molar-refractivity contribution in [3.63, 3.8) is 0 Å². The Morgan fingerprint density at radius 3 is 1.49 bits per heavy atom. The Morgan fingerprint density at radius 1 is 0.578 bits per heavy atom. The van der Waals surface area contributed by atoms with E-state index >= 15 is 0 Å². The molecule has 0 amide bonds. The molecule has 1 radical (unpaired) electrons. The zero-order valence-corrected chi connectivity index (χ0v) is 27.5. The normalized spacial score (nSPS) is 11.5. The SMILES string of the molecule is CCCc1ccc([Si](Cn2ccnc2[B]C(c2ccccc2)c2ccccc2)(c2ccccc2)c2ccc(CCC)cc2)cc1. The molecule has 0 N–H and O–H groups in total. The zero-order valence-electron chi connectivity index (χ0n) is 26.5. The van der Waals surface area contributed by atoms with Crippen LogP contribution in [-0.4, -0.2) is 24.9 Å². The van der Waals surface area contributed by atoms with Crippen LogP contribution in [0.5, 0.6) is 0 Å². The highest BCUT2D eigenvalue weighted by molar-refractivity contribution is 7.10. The highest BCUT2D eigenvalue weighted by atomic mass is 28.3.